The average Bonchev–Trinajstić information content (AvgIpc) is 3.02. The normalized spacial score (nSPS) is 18.4. The standard InChI is InChI=1S/C29H30F6N4O5S/c1-2-45(42,43)26-12-7-19(13-37-26)24(16-40)38-27(41)20-6-11-25(36-14-20)39-15-21(5-10-23(39)17-44-29(33,34)35)18-3-8-22(9-4-18)28(30,31)32/h3-4,6-9,11-14,21,23-24,40H,2,5,10,15-17H2,1H3,(H,38,41)/t21?,23-,24-/m0/s1. The van der Waals surface area contributed by atoms with Crippen LogP contribution in [0.4, 0.5) is 32.2 Å². The highest BCUT2D eigenvalue weighted by atomic mass is 32.2. The molecule has 0 aliphatic carbocycles. The lowest BCUT2D eigenvalue weighted by Gasteiger charge is -2.40. The van der Waals surface area contributed by atoms with Gasteiger partial charge in [-0.05, 0) is 54.3 Å². The number of amides is 1. The fraction of sp³-hybridized carbons (Fsp3) is 0.414. The molecule has 0 saturated carbocycles. The van der Waals surface area contributed by atoms with Gasteiger partial charge < -0.3 is 15.3 Å². The van der Waals surface area contributed by atoms with Crippen LogP contribution in [0.1, 0.15) is 58.8 Å². The molecule has 0 radical (unpaired) electrons. The molecule has 244 valence electrons. The first-order chi connectivity index (χ1) is 21.1. The number of anilines is 1. The molecule has 1 saturated heterocycles. The highest BCUT2D eigenvalue weighted by molar-refractivity contribution is 7.91. The zero-order valence-electron chi connectivity index (χ0n) is 23.8. The van der Waals surface area contributed by atoms with E-state index in [1.807, 2.05) is 0 Å². The summed E-state index contributed by atoms with van der Waals surface area (Å²) < 4.78 is 106. The lowest BCUT2D eigenvalue weighted by molar-refractivity contribution is -0.326. The number of aromatic nitrogens is 2. The Kier molecular flexibility index (Phi) is 10.4. The SMILES string of the molecule is CCS(=O)(=O)c1ccc([C@H](CO)NC(=O)c2ccc(N3CC(c4ccc(C(F)(F)F)cc4)CC[C@H]3COC(F)(F)F)nc2)cn1. The van der Waals surface area contributed by atoms with Gasteiger partial charge in [-0.3, -0.25) is 9.53 Å². The number of benzene rings is 1. The van der Waals surface area contributed by atoms with Crippen molar-refractivity contribution in [1.82, 2.24) is 15.3 Å². The predicted molar refractivity (Wildman–Crippen MR) is 150 cm³/mol. The lowest BCUT2D eigenvalue weighted by atomic mass is 9.87. The molecule has 1 unspecified atom stereocenters. The van der Waals surface area contributed by atoms with E-state index in [1.54, 1.807) is 4.90 Å². The Labute approximate surface area is 255 Å². The minimum atomic E-state index is -4.87. The van der Waals surface area contributed by atoms with Gasteiger partial charge in [-0.25, -0.2) is 18.4 Å². The van der Waals surface area contributed by atoms with Crippen molar-refractivity contribution in [3.8, 4) is 0 Å². The molecule has 9 nitrogen and oxygen atoms in total. The van der Waals surface area contributed by atoms with E-state index in [-0.39, 0.29) is 41.0 Å². The molecule has 0 bridgehead atoms. The maximum Gasteiger partial charge on any atom is 0.522 e. The molecular weight excluding hydrogens is 630 g/mol. The molecule has 1 fully saturated rings. The van der Waals surface area contributed by atoms with Crippen molar-refractivity contribution in [2.75, 3.05) is 30.4 Å². The van der Waals surface area contributed by atoms with E-state index < -0.39 is 59.1 Å². The van der Waals surface area contributed by atoms with Crippen LogP contribution in [-0.4, -0.2) is 67.3 Å². The number of aliphatic hydroxyl groups excluding tert-OH is 1. The number of rotatable bonds is 10. The van der Waals surface area contributed by atoms with E-state index in [9.17, 15) is 44.7 Å². The number of hydrogen-bond donors (Lipinski definition) is 2. The molecule has 1 aliphatic rings. The highest BCUT2D eigenvalue weighted by Gasteiger charge is 2.36. The molecule has 3 atom stereocenters. The van der Waals surface area contributed by atoms with E-state index in [1.165, 1.54) is 55.7 Å². The van der Waals surface area contributed by atoms with Gasteiger partial charge in [0, 0.05) is 24.9 Å². The quantitative estimate of drug-likeness (QED) is 0.290. The van der Waals surface area contributed by atoms with Crippen LogP contribution in [-0.2, 0) is 20.8 Å². The number of sulfone groups is 1. The maximum atomic E-state index is 13.0. The third kappa shape index (κ3) is 8.70. The summed E-state index contributed by atoms with van der Waals surface area (Å²) in [6.07, 6.45) is -6.30. The Bertz CT molecular complexity index is 1550. The van der Waals surface area contributed by atoms with Gasteiger partial charge in [-0.1, -0.05) is 25.1 Å². The fourth-order valence-corrected chi connectivity index (χ4v) is 5.77. The Morgan fingerprint density at radius 2 is 1.73 bits per heavy atom. The minimum Gasteiger partial charge on any atom is -0.394 e. The molecule has 1 amide bonds. The van der Waals surface area contributed by atoms with Crippen LogP contribution in [0.2, 0.25) is 0 Å². The summed E-state index contributed by atoms with van der Waals surface area (Å²) in [7, 11) is -3.55. The van der Waals surface area contributed by atoms with Crippen molar-refractivity contribution in [3.63, 3.8) is 0 Å². The van der Waals surface area contributed by atoms with Crippen molar-refractivity contribution in [1.29, 1.82) is 0 Å². The molecule has 16 heteroatoms. The summed E-state index contributed by atoms with van der Waals surface area (Å²) in [4.78, 5) is 22.7. The third-order valence-corrected chi connectivity index (χ3v) is 9.15. The first kappa shape index (κ1) is 34.1. The maximum absolute atomic E-state index is 13.0. The van der Waals surface area contributed by atoms with E-state index >= 15 is 0 Å². The molecule has 3 heterocycles. The summed E-state index contributed by atoms with van der Waals surface area (Å²) in [5.74, 6) is -0.867. The number of pyridine rings is 2. The van der Waals surface area contributed by atoms with Crippen molar-refractivity contribution in [2.45, 2.75) is 55.3 Å². The van der Waals surface area contributed by atoms with Gasteiger partial charge in [0.2, 0.25) is 0 Å². The highest BCUT2D eigenvalue weighted by Crippen LogP contribution is 2.36. The number of nitrogens with one attached hydrogen (secondary N) is 1. The van der Waals surface area contributed by atoms with Gasteiger partial charge >= 0.3 is 12.5 Å². The summed E-state index contributed by atoms with van der Waals surface area (Å²) in [5.41, 5.74) is 0.187. The third-order valence-electron chi connectivity index (χ3n) is 7.51. The van der Waals surface area contributed by atoms with Gasteiger partial charge in [0.25, 0.3) is 5.91 Å². The number of nitrogens with zero attached hydrogens (tertiary/aromatic N) is 3. The van der Waals surface area contributed by atoms with Gasteiger partial charge in [-0.2, -0.15) is 13.2 Å². The van der Waals surface area contributed by atoms with Crippen LogP contribution in [0.25, 0.3) is 0 Å². The molecule has 0 spiro atoms. The topological polar surface area (TPSA) is 122 Å². The molecule has 2 N–H and O–H groups in total. The number of halogens is 6. The minimum absolute atomic E-state index is 0.0646. The average molecular weight is 661 g/mol. The van der Waals surface area contributed by atoms with E-state index in [0.29, 0.717) is 17.5 Å². The number of carbonyl (C=O) groups is 1. The van der Waals surface area contributed by atoms with Gasteiger partial charge in [0.05, 0.1) is 42.2 Å². The molecular formula is C29H30F6N4O5S. The molecule has 4 rings (SSSR count). The fourth-order valence-electron chi connectivity index (χ4n) is 4.98. The largest absolute Gasteiger partial charge is 0.522 e. The number of hydrogen-bond acceptors (Lipinski definition) is 8. The van der Waals surface area contributed by atoms with Crippen LogP contribution in [0.3, 0.4) is 0 Å². The first-order valence-corrected chi connectivity index (χ1v) is 15.5. The van der Waals surface area contributed by atoms with Gasteiger partial charge in [0.1, 0.15) is 5.82 Å². The second kappa shape index (κ2) is 13.7. The van der Waals surface area contributed by atoms with Crippen LogP contribution in [0.15, 0.2) is 66.0 Å². The van der Waals surface area contributed by atoms with Crippen molar-refractivity contribution >= 4 is 21.6 Å². The zero-order chi connectivity index (χ0) is 33.0. The van der Waals surface area contributed by atoms with E-state index in [4.69, 9.17) is 0 Å². The Hall–Kier alpha value is -3.76. The van der Waals surface area contributed by atoms with E-state index in [0.717, 1.165) is 12.1 Å². The number of piperidine rings is 1. The number of aliphatic hydroxyl groups is 1. The van der Waals surface area contributed by atoms with Crippen LogP contribution >= 0.6 is 0 Å². The van der Waals surface area contributed by atoms with Gasteiger partial charge in [0.15, 0.2) is 14.9 Å². The van der Waals surface area contributed by atoms with Crippen molar-refractivity contribution in [2.24, 2.45) is 0 Å². The Morgan fingerprint density at radius 3 is 2.27 bits per heavy atom. The summed E-state index contributed by atoms with van der Waals surface area (Å²) in [5, 5.41) is 12.3. The van der Waals surface area contributed by atoms with Crippen molar-refractivity contribution in [3.05, 3.63) is 83.2 Å². The zero-order valence-corrected chi connectivity index (χ0v) is 24.7. The van der Waals surface area contributed by atoms with Crippen LogP contribution in [0.5, 0.6) is 0 Å². The molecule has 3 aromatic rings. The summed E-state index contributed by atoms with van der Waals surface area (Å²) in [6.45, 7) is 0.385. The Morgan fingerprint density at radius 1 is 1.02 bits per heavy atom. The lowest BCUT2D eigenvalue weighted by Crippen LogP contribution is -2.46. The molecule has 1 aliphatic heterocycles. The molecule has 1 aromatic carbocycles. The van der Waals surface area contributed by atoms with Crippen LogP contribution < -0.4 is 10.2 Å². The van der Waals surface area contributed by atoms with Crippen molar-refractivity contribution < 1.29 is 49.4 Å². The summed E-state index contributed by atoms with van der Waals surface area (Å²) in [6, 6.07) is 8.45. The second-order valence-electron chi connectivity index (χ2n) is 10.4. The first-order valence-electron chi connectivity index (χ1n) is 13.8. The number of alkyl halides is 6. The number of carbonyl (C=O) groups excluding carboxylic acids is 1. The van der Waals surface area contributed by atoms with Crippen LogP contribution in [0, 0.1) is 0 Å². The monoisotopic (exact) mass is 660 g/mol. The van der Waals surface area contributed by atoms with E-state index in [2.05, 4.69) is 20.0 Å². The van der Waals surface area contributed by atoms with Gasteiger partial charge in [-0.15, -0.1) is 13.2 Å². The predicted octanol–water partition coefficient (Wildman–Crippen LogP) is 5.04. The molecule has 2 aromatic heterocycles. The second-order valence-corrected chi connectivity index (χ2v) is 12.6. The Balaban J connectivity index is 1.50. The number of ether oxygens (including phenoxy) is 1. The molecule has 45 heavy (non-hydrogen) atoms. The smallest absolute Gasteiger partial charge is 0.394 e. The summed E-state index contributed by atoms with van der Waals surface area (Å²) >= 11 is 0.